The second-order valence-electron chi connectivity index (χ2n) is 3.84. The van der Waals surface area contributed by atoms with Gasteiger partial charge >= 0.3 is 0 Å². The molecule has 15 heavy (non-hydrogen) atoms. The van der Waals surface area contributed by atoms with E-state index in [1.807, 2.05) is 0 Å². The molecule has 0 aromatic carbocycles. The lowest BCUT2D eigenvalue weighted by atomic mass is 10.1. The van der Waals surface area contributed by atoms with E-state index in [9.17, 15) is 0 Å². The molecule has 0 saturated heterocycles. The van der Waals surface area contributed by atoms with Crippen LogP contribution in [-0.4, -0.2) is 21.9 Å². The number of hydrogen-bond donors (Lipinski definition) is 1. The molecule has 0 aliphatic heterocycles. The zero-order valence-corrected chi connectivity index (χ0v) is 10.4. The largest absolute Gasteiger partial charge is 0.365 e. The number of nitrogens with one attached hydrogen (secondary N) is 1. The van der Waals surface area contributed by atoms with Crippen LogP contribution in [0.4, 0.5) is 5.82 Å². The number of nitrogens with zero attached hydrogens (tertiary/aromatic N) is 2. The summed E-state index contributed by atoms with van der Waals surface area (Å²) in [5.41, 5.74) is 0. The minimum atomic E-state index is 0.194. The highest BCUT2D eigenvalue weighted by Gasteiger charge is 2.11. The van der Waals surface area contributed by atoms with Crippen molar-refractivity contribution in [1.82, 2.24) is 9.97 Å². The minimum Gasteiger partial charge on any atom is -0.365 e. The first-order valence-electron chi connectivity index (χ1n) is 4.91. The average Bonchev–Trinajstić information content (AvgIpc) is 2.19. The van der Waals surface area contributed by atoms with Crippen molar-refractivity contribution in [2.45, 2.75) is 26.3 Å². The van der Waals surface area contributed by atoms with Crippen LogP contribution >= 0.6 is 23.2 Å². The number of halogens is 2. The zero-order chi connectivity index (χ0) is 11.3. The molecule has 1 aromatic rings. The number of alkyl halides is 1. The standard InChI is InChI=1S/C10H15Cl2N3/c1-7(2)3-8(4-11)15-10-9(12)5-13-6-14-10/h5-8H,3-4H2,1-2H3,(H,13,14,15). The minimum absolute atomic E-state index is 0.194. The SMILES string of the molecule is CC(C)CC(CCl)Nc1ncncc1Cl. The maximum Gasteiger partial charge on any atom is 0.148 e. The summed E-state index contributed by atoms with van der Waals surface area (Å²) >= 11 is 11.8. The van der Waals surface area contributed by atoms with E-state index in [0.29, 0.717) is 22.6 Å². The van der Waals surface area contributed by atoms with Crippen LogP contribution in [0.2, 0.25) is 5.02 Å². The normalized spacial score (nSPS) is 12.9. The van der Waals surface area contributed by atoms with Crippen molar-refractivity contribution in [3.8, 4) is 0 Å². The molecule has 1 unspecified atom stereocenters. The first-order valence-corrected chi connectivity index (χ1v) is 5.82. The van der Waals surface area contributed by atoms with Gasteiger partial charge < -0.3 is 5.32 Å². The monoisotopic (exact) mass is 247 g/mol. The van der Waals surface area contributed by atoms with Crippen molar-refractivity contribution >= 4 is 29.0 Å². The fourth-order valence-corrected chi connectivity index (χ4v) is 1.70. The zero-order valence-electron chi connectivity index (χ0n) is 8.87. The van der Waals surface area contributed by atoms with E-state index in [2.05, 4.69) is 29.1 Å². The number of aromatic nitrogens is 2. The van der Waals surface area contributed by atoms with Crippen LogP contribution in [0.1, 0.15) is 20.3 Å². The van der Waals surface area contributed by atoms with E-state index < -0.39 is 0 Å². The highest BCUT2D eigenvalue weighted by Crippen LogP contribution is 2.19. The van der Waals surface area contributed by atoms with Crippen LogP contribution in [0, 0.1) is 5.92 Å². The molecular formula is C10H15Cl2N3. The lowest BCUT2D eigenvalue weighted by Gasteiger charge is -2.18. The van der Waals surface area contributed by atoms with Gasteiger partial charge in [-0.2, -0.15) is 0 Å². The number of anilines is 1. The van der Waals surface area contributed by atoms with E-state index in [-0.39, 0.29) is 6.04 Å². The van der Waals surface area contributed by atoms with E-state index in [0.717, 1.165) is 6.42 Å². The second kappa shape index (κ2) is 6.13. The fourth-order valence-electron chi connectivity index (χ4n) is 1.34. The molecule has 1 atom stereocenters. The topological polar surface area (TPSA) is 37.8 Å². The first kappa shape index (κ1) is 12.5. The number of rotatable bonds is 5. The Balaban J connectivity index is 2.62. The third kappa shape index (κ3) is 4.22. The van der Waals surface area contributed by atoms with Gasteiger partial charge in [0.2, 0.25) is 0 Å². The summed E-state index contributed by atoms with van der Waals surface area (Å²) in [4.78, 5) is 7.88. The quantitative estimate of drug-likeness (QED) is 0.813. The molecule has 0 radical (unpaired) electrons. The molecule has 5 heteroatoms. The predicted octanol–water partition coefficient (Wildman–Crippen LogP) is 3.20. The Hall–Kier alpha value is -0.540. The molecule has 0 amide bonds. The van der Waals surface area contributed by atoms with Gasteiger partial charge in [-0.1, -0.05) is 25.4 Å². The maximum absolute atomic E-state index is 5.93. The molecule has 0 saturated carbocycles. The number of hydrogen-bond acceptors (Lipinski definition) is 3. The fraction of sp³-hybridized carbons (Fsp3) is 0.600. The Bertz CT molecular complexity index is 304. The van der Waals surface area contributed by atoms with Crippen molar-refractivity contribution in [1.29, 1.82) is 0 Å². The molecule has 0 spiro atoms. The van der Waals surface area contributed by atoms with Gasteiger partial charge in [0, 0.05) is 11.9 Å². The molecule has 1 rings (SSSR count). The van der Waals surface area contributed by atoms with Crippen molar-refractivity contribution < 1.29 is 0 Å². The molecule has 0 aliphatic rings. The molecule has 0 aliphatic carbocycles. The average molecular weight is 248 g/mol. The molecule has 3 nitrogen and oxygen atoms in total. The molecule has 1 N–H and O–H groups in total. The third-order valence-electron chi connectivity index (χ3n) is 1.95. The van der Waals surface area contributed by atoms with Gasteiger partial charge in [0.05, 0.1) is 6.20 Å². The summed E-state index contributed by atoms with van der Waals surface area (Å²) in [6.07, 6.45) is 4.02. The smallest absolute Gasteiger partial charge is 0.148 e. The highest BCUT2D eigenvalue weighted by molar-refractivity contribution is 6.32. The molecule has 0 bridgehead atoms. The molecule has 1 aromatic heterocycles. The Kier molecular flexibility index (Phi) is 5.12. The van der Waals surface area contributed by atoms with Crippen molar-refractivity contribution in [2.24, 2.45) is 5.92 Å². The van der Waals surface area contributed by atoms with Crippen molar-refractivity contribution in [2.75, 3.05) is 11.2 Å². The summed E-state index contributed by atoms with van der Waals surface area (Å²) in [5.74, 6) is 1.78. The van der Waals surface area contributed by atoms with E-state index >= 15 is 0 Å². The van der Waals surface area contributed by atoms with Crippen LogP contribution in [0.25, 0.3) is 0 Å². The molecular weight excluding hydrogens is 233 g/mol. The van der Waals surface area contributed by atoms with Gasteiger partial charge in [-0.05, 0) is 12.3 Å². The summed E-state index contributed by atoms with van der Waals surface area (Å²) in [5, 5.41) is 3.74. The van der Waals surface area contributed by atoms with Gasteiger partial charge in [-0.3, -0.25) is 0 Å². The Morgan fingerprint density at radius 2 is 2.20 bits per heavy atom. The lowest BCUT2D eigenvalue weighted by Crippen LogP contribution is -2.24. The Labute approximate surface area is 100 Å². The van der Waals surface area contributed by atoms with Gasteiger partial charge in [0.25, 0.3) is 0 Å². The highest BCUT2D eigenvalue weighted by atomic mass is 35.5. The van der Waals surface area contributed by atoms with Crippen LogP contribution in [0.15, 0.2) is 12.5 Å². The lowest BCUT2D eigenvalue weighted by molar-refractivity contribution is 0.541. The van der Waals surface area contributed by atoms with Crippen molar-refractivity contribution in [3.63, 3.8) is 0 Å². The summed E-state index contributed by atoms with van der Waals surface area (Å²) in [6.45, 7) is 4.31. The van der Waals surface area contributed by atoms with E-state index in [1.54, 1.807) is 6.20 Å². The molecule has 1 heterocycles. The third-order valence-corrected chi connectivity index (χ3v) is 2.60. The molecule has 0 fully saturated rings. The van der Waals surface area contributed by atoms with Crippen molar-refractivity contribution in [3.05, 3.63) is 17.5 Å². The van der Waals surface area contributed by atoms with E-state index in [4.69, 9.17) is 23.2 Å². The first-order chi connectivity index (χ1) is 7.13. The van der Waals surface area contributed by atoms with Crippen LogP contribution in [-0.2, 0) is 0 Å². The van der Waals surface area contributed by atoms with Gasteiger partial charge in [-0.25, -0.2) is 9.97 Å². The molecule has 84 valence electrons. The van der Waals surface area contributed by atoms with Gasteiger partial charge in [0.15, 0.2) is 0 Å². The predicted molar refractivity (Wildman–Crippen MR) is 64.6 cm³/mol. The summed E-state index contributed by atoms with van der Waals surface area (Å²) in [6, 6.07) is 0.194. The van der Waals surface area contributed by atoms with Crippen LogP contribution < -0.4 is 5.32 Å². The maximum atomic E-state index is 5.93. The summed E-state index contributed by atoms with van der Waals surface area (Å²) < 4.78 is 0. The van der Waals surface area contributed by atoms with Crippen LogP contribution in [0.5, 0.6) is 0 Å². The van der Waals surface area contributed by atoms with Crippen LogP contribution in [0.3, 0.4) is 0 Å². The Morgan fingerprint density at radius 3 is 2.73 bits per heavy atom. The second-order valence-corrected chi connectivity index (χ2v) is 4.56. The van der Waals surface area contributed by atoms with Gasteiger partial charge in [0.1, 0.15) is 17.2 Å². The van der Waals surface area contributed by atoms with E-state index in [1.165, 1.54) is 6.33 Å². The Morgan fingerprint density at radius 1 is 1.47 bits per heavy atom. The summed E-state index contributed by atoms with van der Waals surface area (Å²) in [7, 11) is 0. The van der Waals surface area contributed by atoms with Gasteiger partial charge in [-0.15, -0.1) is 11.6 Å².